The zero-order chi connectivity index (χ0) is 59.2. The molecule has 0 bridgehead atoms. The van der Waals surface area contributed by atoms with Gasteiger partial charge in [-0.3, -0.25) is 14.4 Å². The van der Waals surface area contributed by atoms with E-state index in [4.69, 9.17) is 14.2 Å². The molecule has 0 saturated heterocycles. The van der Waals surface area contributed by atoms with E-state index in [1.54, 1.807) is 0 Å². The number of carbonyl (C=O) groups is 3. The first-order valence-corrected chi connectivity index (χ1v) is 37.0. The van der Waals surface area contributed by atoms with Crippen molar-refractivity contribution >= 4 is 17.9 Å². The van der Waals surface area contributed by atoms with Gasteiger partial charge in [-0.05, 0) is 57.8 Å². The highest BCUT2D eigenvalue weighted by molar-refractivity contribution is 5.71. The first-order chi connectivity index (χ1) is 40.5. The second-order valence-electron chi connectivity index (χ2n) is 25.2. The SMILES string of the molecule is CCCCCCC/C=C\C/C=C\C/C=C\CCCCCCCCCCCCC(=O)OC(COC(=O)CCCCCCCCCCCCCCC)COC(=O)CCCCCCCCCCCCCCCCCCCCCCCCCCCC. The number of allylic oxidation sites excluding steroid dienone is 6. The zero-order valence-electron chi connectivity index (χ0n) is 55.5. The molecule has 0 heterocycles. The number of hydrogen-bond donors (Lipinski definition) is 0. The predicted molar refractivity (Wildman–Crippen MR) is 358 cm³/mol. The third-order valence-electron chi connectivity index (χ3n) is 16.9. The summed E-state index contributed by atoms with van der Waals surface area (Å²) in [5.41, 5.74) is 0. The Hall–Kier alpha value is -2.37. The van der Waals surface area contributed by atoms with Gasteiger partial charge in [0.1, 0.15) is 13.2 Å². The minimum atomic E-state index is -0.772. The van der Waals surface area contributed by atoms with E-state index in [0.717, 1.165) is 70.6 Å². The molecule has 0 spiro atoms. The van der Waals surface area contributed by atoms with Gasteiger partial charge in [0.05, 0.1) is 0 Å². The standard InChI is InChI=1S/C76H142O6/c1-4-7-10-13-16-19-22-25-27-29-31-33-35-37-39-40-42-44-46-48-51-54-57-60-63-66-69-75(78)81-72-73(71-80-74(77)68-65-62-59-56-53-50-24-21-18-15-12-9-6-3)82-76(79)70-67-64-61-58-55-52-49-47-45-43-41-38-36-34-32-30-28-26-23-20-17-14-11-8-5-2/h23,26,30,32,36,38,73H,4-22,24-25,27-29,31,33-35,37,39-72H2,1-3H3/b26-23-,32-30-,38-36-. The van der Waals surface area contributed by atoms with E-state index < -0.39 is 6.10 Å². The van der Waals surface area contributed by atoms with E-state index in [9.17, 15) is 14.4 Å². The molecule has 482 valence electrons. The van der Waals surface area contributed by atoms with E-state index >= 15 is 0 Å². The summed E-state index contributed by atoms with van der Waals surface area (Å²) in [6, 6.07) is 0. The van der Waals surface area contributed by atoms with Gasteiger partial charge in [0.25, 0.3) is 0 Å². The van der Waals surface area contributed by atoms with Crippen molar-refractivity contribution in [2.24, 2.45) is 0 Å². The monoisotopic (exact) mass is 1150 g/mol. The van der Waals surface area contributed by atoms with Crippen LogP contribution in [0.15, 0.2) is 36.5 Å². The lowest BCUT2D eigenvalue weighted by atomic mass is 10.0. The molecule has 0 aliphatic carbocycles. The van der Waals surface area contributed by atoms with Gasteiger partial charge >= 0.3 is 17.9 Å². The number of carbonyl (C=O) groups excluding carboxylic acids is 3. The quantitative estimate of drug-likeness (QED) is 0.0261. The molecule has 0 N–H and O–H groups in total. The Morgan fingerprint density at radius 3 is 0.683 bits per heavy atom. The summed E-state index contributed by atoms with van der Waals surface area (Å²) in [5.74, 6) is -0.839. The zero-order valence-corrected chi connectivity index (χ0v) is 55.5. The Morgan fingerprint density at radius 2 is 0.439 bits per heavy atom. The normalized spacial score (nSPS) is 12.2. The minimum Gasteiger partial charge on any atom is -0.462 e. The fourth-order valence-electron chi connectivity index (χ4n) is 11.3. The first-order valence-electron chi connectivity index (χ1n) is 37.0. The maximum atomic E-state index is 13.0. The molecule has 1 unspecified atom stereocenters. The van der Waals surface area contributed by atoms with Crippen LogP contribution in [0.5, 0.6) is 0 Å². The summed E-state index contributed by atoms with van der Waals surface area (Å²) in [5, 5.41) is 0. The molecule has 0 aromatic rings. The summed E-state index contributed by atoms with van der Waals surface area (Å²) >= 11 is 0. The highest BCUT2D eigenvalue weighted by Crippen LogP contribution is 2.19. The number of rotatable bonds is 69. The number of ether oxygens (including phenoxy) is 3. The fraction of sp³-hybridized carbons (Fsp3) is 0.882. The van der Waals surface area contributed by atoms with Crippen molar-refractivity contribution in [3.05, 3.63) is 36.5 Å². The van der Waals surface area contributed by atoms with Crippen LogP contribution in [0, 0.1) is 0 Å². The molecule has 0 aromatic heterocycles. The molecule has 0 aliphatic heterocycles. The average molecular weight is 1150 g/mol. The molecule has 0 fully saturated rings. The van der Waals surface area contributed by atoms with Gasteiger partial charge in [-0.1, -0.05) is 372 Å². The van der Waals surface area contributed by atoms with Crippen LogP contribution in [0.25, 0.3) is 0 Å². The lowest BCUT2D eigenvalue weighted by Gasteiger charge is -2.18. The predicted octanol–water partition coefficient (Wildman–Crippen LogP) is 25.5. The van der Waals surface area contributed by atoms with Crippen molar-refractivity contribution in [2.45, 2.75) is 419 Å². The fourth-order valence-corrected chi connectivity index (χ4v) is 11.3. The Labute approximate surface area is 512 Å². The van der Waals surface area contributed by atoms with Gasteiger partial charge in [0.15, 0.2) is 6.10 Å². The van der Waals surface area contributed by atoms with Crippen molar-refractivity contribution in [1.82, 2.24) is 0 Å². The molecule has 0 radical (unpaired) electrons. The van der Waals surface area contributed by atoms with Crippen LogP contribution in [0.1, 0.15) is 412 Å². The Kier molecular flexibility index (Phi) is 69.1. The van der Waals surface area contributed by atoms with Crippen LogP contribution in [0.3, 0.4) is 0 Å². The topological polar surface area (TPSA) is 78.9 Å². The summed E-state index contributed by atoms with van der Waals surface area (Å²) < 4.78 is 17.0. The van der Waals surface area contributed by atoms with Gasteiger partial charge in [0, 0.05) is 19.3 Å². The van der Waals surface area contributed by atoms with Crippen LogP contribution in [-0.2, 0) is 28.6 Å². The van der Waals surface area contributed by atoms with Crippen LogP contribution >= 0.6 is 0 Å². The maximum Gasteiger partial charge on any atom is 0.306 e. The lowest BCUT2D eigenvalue weighted by Crippen LogP contribution is -2.30. The Bertz CT molecular complexity index is 1370. The minimum absolute atomic E-state index is 0.0674. The molecule has 6 heteroatoms. The van der Waals surface area contributed by atoms with Crippen molar-refractivity contribution in [3.63, 3.8) is 0 Å². The summed E-state index contributed by atoms with van der Waals surface area (Å²) in [4.78, 5) is 38.5. The summed E-state index contributed by atoms with van der Waals surface area (Å²) in [6.07, 6.45) is 89.0. The molecule has 6 nitrogen and oxygen atoms in total. The average Bonchev–Trinajstić information content (AvgIpc) is 3.47. The third kappa shape index (κ3) is 68.4. The maximum absolute atomic E-state index is 13.0. The lowest BCUT2D eigenvalue weighted by molar-refractivity contribution is -0.167. The highest BCUT2D eigenvalue weighted by atomic mass is 16.6. The molecule has 0 aliphatic rings. The van der Waals surface area contributed by atoms with Crippen molar-refractivity contribution in [1.29, 1.82) is 0 Å². The van der Waals surface area contributed by atoms with Gasteiger partial charge in [0.2, 0.25) is 0 Å². The molecule has 0 amide bonds. The van der Waals surface area contributed by atoms with Crippen molar-refractivity contribution in [3.8, 4) is 0 Å². The van der Waals surface area contributed by atoms with Gasteiger partial charge in [-0.2, -0.15) is 0 Å². The van der Waals surface area contributed by atoms with Crippen LogP contribution in [0.2, 0.25) is 0 Å². The van der Waals surface area contributed by atoms with Gasteiger partial charge in [-0.15, -0.1) is 0 Å². The van der Waals surface area contributed by atoms with E-state index in [-0.39, 0.29) is 31.1 Å². The first kappa shape index (κ1) is 79.6. The number of esters is 3. The van der Waals surface area contributed by atoms with Crippen LogP contribution < -0.4 is 0 Å². The summed E-state index contributed by atoms with van der Waals surface area (Å²) in [7, 11) is 0. The molecular weight excluding hydrogens is 1010 g/mol. The molecule has 82 heavy (non-hydrogen) atoms. The van der Waals surface area contributed by atoms with E-state index in [1.807, 2.05) is 0 Å². The largest absolute Gasteiger partial charge is 0.462 e. The summed E-state index contributed by atoms with van der Waals surface area (Å²) in [6.45, 7) is 6.71. The molecule has 1 atom stereocenters. The second kappa shape index (κ2) is 71.1. The van der Waals surface area contributed by atoms with Crippen LogP contribution in [-0.4, -0.2) is 37.2 Å². The smallest absolute Gasteiger partial charge is 0.306 e. The van der Waals surface area contributed by atoms with E-state index in [0.29, 0.717) is 19.3 Å². The molecule has 0 rings (SSSR count). The van der Waals surface area contributed by atoms with Crippen molar-refractivity contribution < 1.29 is 28.6 Å². The second-order valence-corrected chi connectivity index (χ2v) is 25.2. The van der Waals surface area contributed by atoms with Crippen LogP contribution in [0.4, 0.5) is 0 Å². The number of unbranched alkanes of at least 4 members (excludes halogenated alkanes) is 52. The molecule has 0 saturated carbocycles. The Morgan fingerprint density at radius 1 is 0.244 bits per heavy atom. The van der Waals surface area contributed by atoms with Crippen molar-refractivity contribution in [2.75, 3.05) is 13.2 Å². The molecular formula is C76H142O6. The van der Waals surface area contributed by atoms with E-state index in [1.165, 1.54) is 302 Å². The number of hydrogen-bond acceptors (Lipinski definition) is 6. The van der Waals surface area contributed by atoms with Gasteiger partial charge in [-0.25, -0.2) is 0 Å². The third-order valence-corrected chi connectivity index (χ3v) is 16.9. The molecule has 0 aromatic carbocycles. The Balaban J connectivity index is 4.22. The van der Waals surface area contributed by atoms with E-state index in [2.05, 4.69) is 57.2 Å². The highest BCUT2D eigenvalue weighted by Gasteiger charge is 2.20. The van der Waals surface area contributed by atoms with Gasteiger partial charge < -0.3 is 14.2 Å².